The number of ether oxygens (including phenoxy) is 1. The second-order valence-corrected chi connectivity index (χ2v) is 4.63. The molecule has 2 aromatic rings. The van der Waals surface area contributed by atoms with Gasteiger partial charge in [0.05, 0.1) is 6.04 Å². The van der Waals surface area contributed by atoms with Crippen LogP contribution in [0.5, 0.6) is 5.75 Å². The molecule has 3 N–H and O–H groups in total. The largest absolute Gasteiger partial charge is 0.492 e. The van der Waals surface area contributed by atoms with Gasteiger partial charge in [0.15, 0.2) is 0 Å². The number of para-hydroxylation sites is 1. The molecule has 0 aliphatic rings. The van der Waals surface area contributed by atoms with E-state index in [0.717, 1.165) is 5.75 Å². The lowest BCUT2D eigenvalue weighted by Gasteiger charge is -2.20. The van der Waals surface area contributed by atoms with Gasteiger partial charge in [0.1, 0.15) is 12.4 Å². The molecule has 19 heavy (non-hydrogen) atoms. The summed E-state index contributed by atoms with van der Waals surface area (Å²) in [5, 5.41) is 0. The molecule has 0 fully saturated rings. The van der Waals surface area contributed by atoms with Crippen LogP contribution in [0, 0.1) is 13.8 Å². The molecular formula is C16H20N2O. The van der Waals surface area contributed by atoms with Gasteiger partial charge in [0.2, 0.25) is 0 Å². The molecule has 0 aliphatic heterocycles. The minimum atomic E-state index is -0.0138. The predicted octanol–water partition coefficient (Wildman–Crippen LogP) is 2.89. The van der Waals surface area contributed by atoms with Crippen molar-refractivity contribution in [2.75, 3.05) is 6.61 Å². The molecule has 0 aliphatic carbocycles. The summed E-state index contributed by atoms with van der Waals surface area (Å²) in [5.74, 6) is 6.51. The monoisotopic (exact) mass is 256 g/mol. The minimum absolute atomic E-state index is 0.0138. The number of hydrazine groups is 1. The fraction of sp³-hybridized carbons (Fsp3) is 0.250. The summed E-state index contributed by atoms with van der Waals surface area (Å²) in [7, 11) is 0. The van der Waals surface area contributed by atoms with E-state index in [4.69, 9.17) is 10.6 Å². The third-order valence-corrected chi connectivity index (χ3v) is 3.38. The molecule has 1 atom stereocenters. The van der Waals surface area contributed by atoms with E-state index in [1.807, 2.05) is 36.4 Å². The van der Waals surface area contributed by atoms with Crippen LogP contribution < -0.4 is 16.0 Å². The van der Waals surface area contributed by atoms with E-state index >= 15 is 0 Å². The lowest BCUT2D eigenvalue weighted by molar-refractivity contribution is 0.267. The maximum atomic E-state index is 5.77. The number of aryl methyl sites for hydroxylation is 1. The van der Waals surface area contributed by atoms with Crippen molar-refractivity contribution in [3.63, 3.8) is 0 Å². The van der Waals surface area contributed by atoms with E-state index < -0.39 is 0 Å². The summed E-state index contributed by atoms with van der Waals surface area (Å²) < 4.78 is 5.77. The number of rotatable bonds is 5. The van der Waals surface area contributed by atoms with Gasteiger partial charge in [-0.2, -0.15) is 0 Å². The lowest BCUT2D eigenvalue weighted by atomic mass is 9.98. The van der Waals surface area contributed by atoms with Crippen molar-refractivity contribution in [2.24, 2.45) is 5.84 Å². The van der Waals surface area contributed by atoms with Crippen LogP contribution >= 0.6 is 0 Å². The van der Waals surface area contributed by atoms with Crippen molar-refractivity contribution in [2.45, 2.75) is 19.9 Å². The van der Waals surface area contributed by atoms with Crippen molar-refractivity contribution in [1.29, 1.82) is 0 Å². The highest BCUT2D eigenvalue weighted by Gasteiger charge is 2.13. The van der Waals surface area contributed by atoms with E-state index in [1.54, 1.807) is 0 Å². The van der Waals surface area contributed by atoms with Crippen LogP contribution in [0.2, 0.25) is 0 Å². The quantitative estimate of drug-likeness (QED) is 0.639. The number of hydrogen-bond donors (Lipinski definition) is 2. The number of benzene rings is 2. The van der Waals surface area contributed by atoms with Gasteiger partial charge in [-0.05, 0) is 42.7 Å². The van der Waals surface area contributed by atoms with Gasteiger partial charge < -0.3 is 4.74 Å². The zero-order valence-corrected chi connectivity index (χ0v) is 11.4. The van der Waals surface area contributed by atoms with Gasteiger partial charge in [0.25, 0.3) is 0 Å². The molecule has 1 unspecified atom stereocenters. The van der Waals surface area contributed by atoms with Crippen molar-refractivity contribution in [3.05, 3.63) is 65.2 Å². The van der Waals surface area contributed by atoms with Crippen molar-refractivity contribution in [1.82, 2.24) is 5.43 Å². The number of nitrogens with two attached hydrogens (primary N) is 1. The van der Waals surface area contributed by atoms with E-state index in [1.165, 1.54) is 16.7 Å². The zero-order valence-electron chi connectivity index (χ0n) is 11.4. The highest BCUT2D eigenvalue weighted by atomic mass is 16.5. The molecular weight excluding hydrogens is 236 g/mol. The Bertz CT molecular complexity index is 526. The zero-order chi connectivity index (χ0) is 13.7. The summed E-state index contributed by atoms with van der Waals surface area (Å²) in [6.07, 6.45) is 0. The Balaban J connectivity index is 2.10. The summed E-state index contributed by atoms with van der Waals surface area (Å²) in [5.41, 5.74) is 6.52. The molecule has 100 valence electrons. The Kier molecular flexibility index (Phi) is 4.55. The summed E-state index contributed by atoms with van der Waals surface area (Å²) in [6.45, 7) is 4.72. The number of nitrogens with one attached hydrogen (secondary N) is 1. The van der Waals surface area contributed by atoms with Crippen LogP contribution in [0.1, 0.15) is 22.7 Å². The molecule has 0 heterocycles. The number of hydrogen-bond acceptors (Lipinski definition) is 3. The Morgan fingerprint density at radius 2 is 1.79 bits per heavy atom. The minimum Gasteiger partial charge on any atom is -0.492 e. The third kappa shape index (κ3) is 3.34. The van der Waals surface area contributed by atoms with E-state index in [9.17, 15) is 0 Å². The van der Waals surface area contributed by atoms with Gasteiger partial charge in [-0.15, -0.1) is 0 Å². The Hall–Kier alpha value is -1.84. The molecule has 3 nitrogen and oxygen atoms in total. The van der Waals surface area contributed by atoms with Crippen molar-refractivity contribution >= 4 is 0 Å². The maximum Gasteiger partial charge on any atom is 0.119 e. The normalized spacial score (nSPS) is 12.2. The topological polar surface area (TPSA) is 47.3 Å². The standard InChI is InChI=1S/C16H20N2O/c1-12-7-6-10-15(13(12)2)16(18-17)11-19-14-8-4-3-5-9-14/h3-10,16,18H,11,17H2,1-2H3. The molecule has 0 spiro atoms. The molecule has 2 aromatic carbocycles. The first-order valence-corrected chi connectivity index (χ1v) is 6.42. The molecule has 0 aromatic heterocycles. The predicted molar refractivity (Wildman–Crippen MR) is 77.9 cm³/mol. The SMILES string of the molecule is Cc1cccc(C(COc2ccccc2)NN)c1C. The summed E-state index contributed by atoms with van der Waals surface area (Å²) in [6, 6.07) is 16.0. The molecule has 0 amide bonds. The molecule has 0 bridgehead atoms. The van der Waals surface area contributed by atoms with Gasteiger partial charge in [-0.25, -0.2) is 5.43 Å². The summed E-state index contributed by atoms with van der Waals surface area (Å²) in [4.78, 5) is 0. The van der Waals surface area contributed by atoms with Crippen LogP contribution in [-0.2, 0) is 0 Å². The Morgan fingerprint density at radius 1 is 1.05 bits per heavy atom. The van der Waals surface area contributed by atoms with Gasteiger partial charge in [0, 0.05) is 0 Å². The van der Waals surface area contributed by atoms with Crippen molar-refractivity contribution < 1.29 is 4.74 Å². The first kappa shape index (κ1) is 13.6. The highest BCUT2D eigenvalue weighted by molar-refractivity contribution is 5.35. The van der Waals surface area contributed by atoms with Crippen LogP contribution in [0.3, 0.4) is 0 Å². The van der Waals surface area contributed by atoms with Gasteiger partial charge >= 0.3 is 0 Å². The van der Waals surface area contributed by atoms with Crippen LogP contribution in [-0.4, -0.2) is 6.61 Å². The second kappa shape index (κ2) is 6.36. The van der Waals surface area contributed by atoms with E-state index in [-0.39, 0.29) is 6.04 Å². The first-order chi connectivity index (χ1) is 9.22. The fourth-order valence-corrected chi connectivity index (χ4v) is 2.08. The van der Waals surface area contributed by atoms with Crippen LogP contribution in [0.25, 0.3) is 0 Å². The molecule has 0 radical (unpaired) electrons. The molecule has 2 rings (SSSR count). The Labute approximate surface area is 114 Å². The molecule has 0 saturated carbocycles. The van der Waals surface area contributed by atoms with Crippen LogP contribution in [0.15, 0.2) is 48.5 Å². The average molecular weight is 256 g/mol. The molecule has 0 saturated heterocycles. The van der Waals surface area contributed by atoms with Gasteiger partial charge in [-0.1, -0.05) is 36.4 Å². The molecule has 3 heteroatoms. The summed E-state index contributed by atoms with van der Waals surface area (Å²) >= 11 is 0. The smallest absolute Gasteiger partial charge is 0.119 e. The second-order valence-electron chi connectivity index (χ2n) is 4.63. The Morgan fingerprint density at radius 3 is 2.47 bits per heavy atom. The van der Waals surface area contributed by atoms with Gasteiger partial charge in [-0.3, -0.25) is 5.84 Å². The third-order valence-electron chi connectivity index (χ3n) is 3.38. The lowest BCUT2D eigenvalue weighted by Crippen LogP contribution is -2.33. The van der Waals surface area contributed by atoms with E-state index in [0.29, 0.717) is 6.61 Å². The van der Waals surface area contributed by atoms with Crippen molar-refractivity contribution in [3.8, 4) is 5.75 Å². The van der Waals surface area contributed by atoms with Crippen LogP contribution in [0.4, 0.5) is 0 Å². The highest BCUT2D eigenvalue weighted by Crippen LogP contribution is 2.21. The fourth-order valence-electron chi connectivity index (χ4n) is 2.08. The maximum absolute atomic E-state index is 5.77. The van der Waals surface area contributed by atoms with E-state index in [2.05, 4.69) is 31.4 Å². The first-order valence-electron chi connectivity index (χ1n) is 6.42. The average Bonchev–Trinajstić information content (AvgIpc) is 2.45.